The number of carbonyl (C=O) groups excluding carboxylic acids is 1. The fraction of sp³-hybridized carbons (Fsp3) is 0.583. The van der Waals surface area contributed by atoms with Gasteiger partial charge in [0.25, 0.3) is 5.91 Å². The van der Waals surface area contributed by atoms with Crippen molar-refractivity contribution in [3.8, 4) is 0 Å². The number of aryl methyl sites for hydroxylation is 1. The van der Waals surface area contributed by atoms with Gasteiger partial charge in [-0.25, -0.2) is 0 Å². The van der Waals surface area contributed by atoms with Gasteiger partial charge in [-0.2, -0.15) is 13.2 Å². The number of rotatable bonds is 3. The lowest BCUT2D eigenvalue weighted by Gasteiger charge is -2.36. The van der Waals surface area contributed by atoms with Crippen molar-refractivity contribution in [3.05, 3.63) is 23.5 Å². The van der Waals surface area contributed by atoms with E-state index in [0.717, 1.165) is 19.3 Å². The standard InChI is InChI=1S/C12H16F3N3O/c1-17-4-8(5-17)3-16-11(19)9-6-18(2)7-10(9)12(13,14)15/h6-8H,3-5H2,1-2H3,(H,16,19). The van der Waals surface area contributed by atoms with Gasteiger partial charge in [0.2, 0.25) is 0 Å². The Kier molecular flexibility index (Phi) is 3.58. The maximum absolute atomic E-state index is 12.7. The number of halogens is 3. The molecule has 2 rings (SSSR count). The molecule has 1 saturated heterocycles. The molecule has 0 radical (unpaired) electrons. The molecule has 0 atom stereocenters. The maximum Gasteiger partial charge on any atom is 0.418 e. The summed E-state index contributed by atoms with van der Waals surface area (Å²) in [7, 11) is 3.42. The van der Waals surface area contributed by atoms with Gasteiger partial charge in [-0.1, -0.05) is 0 Å². The summed E-state index contributed by atoms with van der Waals surface area (Å²) in [4.78, 5) is 13.9. The highest BCUT2D eigenvalue weighted by Crippen LogP contribution is 2.32. The Morgan fingerprint density at radius 3 is 2.53 bits per heavy atom. The molecule has 0 spiro atoms. The Morgan fingerprint density at radius 1 is 1.37 bits per heavy atom. The smallest absolute Gasteiger partial charge is 0.356 e. The summed E-state index contributed by atoms with van der Waals surface area (Å²) in [5.74, 6) is -0.338. The van der Waals surface area contributed by atoms with Crippen LogP contribution in [0, 0.1) is 5.92 Å². The zero-order valence-electron chi connectivity index (χ0n) is 10.8. The second-order valence-electron chi connectivity index (χ2n) is 5.05. The number of hydrogen-bond donors (Lipinski definition) is 1. The van der Waals surface area contributed by atoms with Gasteiger partial charge in [-0.3, -0.25) is 4.79 Å². The highest BCUT2D eigenvalue weighted by molar-refractivity contribution is 5.95. The van der Waals surface area contributed by atoms with Crippen molar-refractivity contribution < 1.29 is 18.0 Å². The van der Waals surface area contributed by atoms with E-state index in [-0.39, 0.29) is 5.56 Å². The lowest BCUT2D eigenvalue weighted by Crippen LogP contribution is -2.49. The topological polar surface area (TPSA) is 37.3 Å². The normalized spacial score (nSPS) is 17.3. The first-order valence-electron chi connectivity index (χ1n) is 5.97. The molecule has 1 fully saturated rings. The third-order valence-electron chi connectivity index (χ3n) is 3.20. The molecule has 0 aromatic carbocycles. The van der Waals surface area contributed by atoms with Crippen molar-refractivity contribution in [2.75, 3.05) is 26.7 Å². The van der Waals surface area contributed by atoms with Crippen molar-refractivity contribution in [2.24, 2.45) is 13.0 Å². The lowest BCUT2D eigenvalue weighted by atomic mass is 10.0. The van der Waals surface area contributed by atoms with Crippen LogP contribution in [0.25, 0.3) is 0 Å². The van der Waals surface area contributed by atoms with Crippen molar-refractivity contribution in [1.29, 1.82) is 0 Å². The quantitative estimate of drug-likeness (QED) is 0.903. The monoisotopic (exact) mass is 275 g/mol. The molecule has 1 N–H and O–H groups in total. The second-order valence-corrected chi connectivity index (χ2v) is 5.05. The van der Waals surface area contributed by atoms with E-state index in [1.807, 2.05) is 7.05 Å². The molecule has 0 saturated carbocycles. The fourth-order valence-corrected chi connectivity index (χ4v) is 2.28. The molecule has 1 aliphatic heterocycles. The summed E-state index contributed by atoms with van der Waals surface area (Å²) >= 11 is 0. The zero-order valence-corrected chi connectivity index (χ0v) is 10.8. The largest absolute Gasteiger partial charge is 0.418 e. The van der Waals surface area contributed by atoms with E-state index in [2.05, 4.69) is 10.2 Å². The maximum atomic E-state index is 12.7. The summed E-state index contributed by atoms with van der Waals surface area (Å²) in [6.07, 6.45) is -2.39. The summed E-state index contributed by atoms with van der Waals surface area (Å²) in [6.45, 7) is 2.14. The van der Waals surface area contributed by atoms with Crippen molar-refractivity contribution in [1.82, 2.24) is 14.8 Å². The first-order chi connectivity index (χ1) is 8.77. The molecule has 1 aromatic rings. The van der Waals surface area contributed by atoms with Crippen LogP contribution in [0.15, 0.2) is 12.4 Å². The van der Waals surface area contributed by atoms with Gasteiger partial charge < -0.3 is 14.8 Å². The third kappa shape index (κ3) is 3.09. The highest BCUT2D eigenvalue weighted by atomic mass is 19.4. The van der Waals surface area contributed by atoms with Gasteiger partial charge in [0.1, 0.15) is 0 Å². The molecule has 106 valence electrons. The van der Waals surface area contributed by atoms with Crippen LogP contribution in [-0.4, -0.2) is 42.1 Å². The molecular weight excluding hydrogens is 259 g/mol. The minimum atomic E-state index is -4.51. The van der Waals surface area contributed by atoms with Crippen LogP contribution in [0.4, 0.5) is 13.2 Å². The molecule has 7 heteroatoms. The molecule has 19 heavy (non-hydrogen) atoms. The second kappa shape index (κ2) is 4.88. The number of alkyl halides is 3. The fourth-order valence-electron chi connectivity index (χ4n) is 2.28. The predicted molar refractivity (Wildman–Crippen MR) is 63.7 cm³/mol. The van der Waals surface area contributed by atoms with Crippen LogP contribution in [0.2, 0.25) is 0 Å². The van der Waals surface area contributed by atoms with E-state index >= 15 is 0 Å². The van der Waals surface area contributed by atoms with Crippen molar-refractivity contribution >= 4 is 5.91 Å². The minimum Gasteiger partial charge on any atom is -0.356 e. The number of carbonyl (C=O) groups is 1. The van der Waals surface area contributed by atoms with Crippen molar-refractivity contribution in [2.45, 2.75) is 6.18 Å². The highest BCUT2D eigenvalue weighted by Gasteiger charge is 2.36. The summed E-state index contributed by atoms with van der Waals surface area (Å²) in [6, 6.07) is 0. The van der Waals surface area contributed by atoms with Gasteiger partial charge in [0, 0.05) is 45.0 Å². The molecule has 0 unspecified atom stereocenters. The van der Waals surface area contributed by atoms with E-state index in [1.54, 1.807) is 0 Å². The third-order valence-corrected chi connectivity index (χ3v) is 3.20. The number of aromatic nitrogens is 1. The lowest BCUT2D eigenvalue weighted by molar-refractivity contribution is -0.137. The van der Waals surface area contributed by atoms with Gasteiger partial charge in [-0.15, -0.1) is 0 Å². The Labute approximate surface area is 109 Å². The average molecular weight is 275 g/mol. The molecular formula is C12H16F3N3O. The van der Waals surface area contributed by atoms with Crippen LogP contribution in [0.5, 0.6) is 0 Å². The van der Waals surface area contributed by atoms with Crippen molar-refractivity contribution in [3.63, 3.8) is 0 Å². The van der Waals surface area contributed by atoms with Gasteiger partial charge in [0.05, 0.1) is 11.1 Å². The zero-order chi connectivity index (χ0) is 14.2. The Bertz CT molecular complexity index is 475. The van der Waals surface area contributed by atoms with Gasteiger partial charge in [0.15, 0.2) is 0 Å². The SMILES string of the molecule is CN1CC(CNC(=O)c2cn(C)cc2C(F)(F)F)C1. The summed E-state index contributed by atoms with van der Waals surface area (Å²) in [5.41, 5.74) is -1.21. The van der Waals surface area contributed by atoms with Crippen LogP contribution >= 0.6 is 0 Å². The van der Waals surface area contributed by atoms with Crippen LogP contribution in [-0.2, 0) is 13.2 Å². The van der Waals surface area contributed by atoms with Crippen LogP contribution < -0.4 is 5.32 Å². The molecule has 0 aliphatic carbocycles. The van der Waals surface area contributed by atoms with E-state index in [4.69, 9.17) is 0 Å². The van der Waals surface area contributed by atoms with Gasteiger partial charge in [-0.05, 0) is 7.05 Å². The Balaban J connectivity index is 2.02. The Morgan fingerprint density at radius 2 is 2.00 bits per heavy atom. The van der Waals surface area contributed by atoms with Crippen LogP contribution in [0.3, 0.4) is 0 Å². The summed E-state index contributed by atoms with van der Waals surface area (Å²) in [5, 5.41) is 2.57. The number of hydrogen-bond acceptors (Lipinski definition) is 2. The number of amides is 1. The number of nitrogens with one attached hydrogen (secondary N) is 1. The molecule has 1 aliphatic rings. The number of likely N-dealkylation sites (tertiary alicyclic amines) is 1. The molecule has 1 aromatic heterocycles. The van der Waals surface area contributed by atoms with E-state index < -0.39 is 17.6 Å². The first kappa shape index (κ1) is 13.9. The van der Waals surface area contributed by atoms with E-state index in [1.165, 1.54) is 17.8 Å². The average Bonchev–Trinajstić information content (AvgIpc) is 2.64. The molecule has 4 nitrogen and oxygen atoms in total. The molecule has 0 bridgehead atoms. The predicted octanol–water partition coefficient (Wildman–Crippen LogP) is 1.34. The number of nitrogens with zero attached hydrogens (tertiary/aromatic N) is 2. The minimum absolute atomic E-state index is 0.317. The van der Waals surface area contributed by atoms with E-state index in [9.17, 15) is 18.0 Å². The van der Waals surface area contributed by atoms with E-state index in [0.29, 0.717) is 12.5 Å². The molecule has 2 heterocycles. The van der Waals surface area contributed by atoms with Crippen LogP contribution in [0.1, 0.15) is 15.9 Å². The Hall–Kier alpha value is -1.50. The molecule has 1 amide bonds. The van der Waals surface area contributed by atoms with Gasteiger partial charge >= 0.3 is 6.18 Å². The first-order valence-corrected chi connectivity index (χ1v) is 5.97. The summed E-state index contributed by atoms with van der Waals surface area (Å²) < 4.78 is 39.5.